The molecule has 3 fully saturated rings. The van der Waals surface area contributed by atoms with Crippen LogP contribution >= 0.6 is 39.1 Å². The summed E-state index contributed by atoms with van der Waals surface area (Å²) in [6.45, 7) is 0. The standard InChI is InChI=1S/C40H33BrCl2N2O8/c1-51-27-10-14-31(52-2)22(17-27)6-3-21-4-7-25(8-5-21)45-35(47)29-12-11-28-30(33(29)36(45)48)18-39(42)37(49)44(20-41)38(50)40(39,43)34(28)24-15-23-16-26(46)9-13-32(23)53-19-24/h3-11,13-14,16-17,19,29-30,33-34,46H,12,15,18,20H2,1-2H3. The summed E-state index contributed by atoms with van der Waals surface area (Å²) in [6, 6.07) is 17.3. The van der Waals surface area contributed by atoms with Crippen LogP contribution in [0.5, 0.6) is 23.0 Å². The average molecular weight is 821 g/mol. The number of hydrogen-bond acceptors (Lipinski definition) is 8. The van der Waals surface area contributed by atoms with E-state index in [0.29, 0.717) is 39.6 Å². The second kappa shape index (κ2) is 13.1. The molecule has 13 heteroatoms. The zero-order valence-electron chi connectivity index (χ0n) is 28.6. The van der Waals surface area contributed by atoms with Crippen molar-refractivity contribution in [2.24, 2.45) is 23.7 Å². The predicted molar refractivity (Wildman–Crippen MR) is 202 cm³/mol. The lowest BCUT2D eigenvalue weighted by molar-refractivity contribution is -0.138. The molecule has 6 unspecified atom stereocenters. The molecule has 2 saturated heterocycles. The maximum absolute atomic E-state index is 14.5. The minimum absolute atomic E-state index is 0.0380. The number of phenolic OH excluding ortho intramolecular Hbond substituents is 1. The van der Waals surface area contributed by atoms with Crippen LogP contribution in [0.15, 0.2) is 84.1 Å². The van der Waals surface area contributed by atoms with Crippen LogP contribution in [0.3, 0.4) is 0 Å². The molecular formula is C40H33BrCl2N2O8. The summed E-state index contributed by atoms with van der Waals surface area (Å²) in [5.41, 5.74) is 3.85. The van der Waals surface area contributed by atoms with Gasteiger partial charge in [0.05, 0.1) is 43.5 Å². The Labute approximate surface area is 323 Å². The van der Waals surface area contributed by atoms with Crippen LogP contribution in [0.2, 0.25) is 0 Å². The van der Waals surface area contributed by atoms with E-state index in [1.165, 1.54) is 17.2 Å². The van der Waals surface area contributed by atoms with Gasteiger partial charge in [-0.15, -0.1) is 23.2 Å². The number of hydrogen-bond donors (Lipinski definition) is 1. The van der Waals surface area contributed by atoms with E-state index in [0.717, 1.165) is 16.0 Å². The van der Waals surface area contributed by atoms with Gasteiger partial charge in [0.25, 0.3) is 11.8 Å². The molecule has 3 aliphatic heterocycles. The molecule has 3 aromatic carbocycles. The number of fused-ring (bicyclic) bond motifs is 5. The first-order valence-corrected chi connectivity index (χ1v) is 18.9. The minimum Gasteiger partial charge on any atom is -0.508 e. The second-order valence-corrected chi connectivity index (χ2v) is 15.6. The minimum atomic E-state index is -1.94. The third-order valence-corrected chi connectivity index (χ3v) is 13.1. The number of benzene rings is 3. The predicted octanol–water partition coefficient (Wildman–Crippen LogP) is 6.85. The van der Waals surface area contributed by atoms with E-state index in [1.54, 1.807) is 38.5 Å². The van der Waals surface area contributed by atoms with Crippen molar-refractivity contribution < 1.29 is 38.5 Å². The van der Waals surface area contributed by atoms with Crippen LogP contribution in [0, 0.1) is 23.7 Å². The molecule has 2 aliphatic carbocycles. The number of halogens is 3. The van der Waals surface area contributed by atoms with Crippen LogP contribution < -0.4 is 19.1 Å². The third-order valence-electron chi connectivity index (χ3n) is 11.2. The van der Waals surface area contributed by atoms with Crippen molar-refractivity contribution in [3.63, 3.8) is 0 Å². The maximum atomic E-state index is 14.5. The van der Waals surface area contributed by atoms with Gasteiger partial charge in [0.15, 0.2) is 9.75 Å². The Morgan fingerprint density at radius 2 is 1.72 bits per heavy atom. The van der Waals surface area contributed by atoms with Crippen LogP contribution in [0.25, 0.3) is 12.2 Å². The SMILES string of the molecule is COc1ccc(OC)c(C=Cc2ccc(N3C(=O)C4CC=C5C(CC6(Cl)C(=O)N(CBr)C(=O)C6(Cl)C5C5=COc6ccc(O)cc6C5)C4C3=O)cc2)c1. The van der Waals surface area contributed by atoms with E-state index in [4.69, 9.17) is 37.4 Å². The first-order chi connectivity index (χ1) is 25.4. The van der Waals surface area contributed by atoms with Gasteiger partial charge in [0.1, 0.15) is 23.0 Å². The van der Waals surface area contributed by atoms with Crippen molar-refractivity contribution >= 4 is 80.6 Å². The largest absolute Gasteiger partial charge is 0.508 e. The molecule has 5 aliphatic rings. The van der Waals surface area contributed by atoms with Crippen LogP contribution in [-0.4, -0.2) is 63.1 Å². The maximum Gasteiger partial charge on any atom is 0.254 e. The number of likely N-dealkylation sites (tertiary alicyclic amines) is 1. The molecule has 1 N–H and O–H groups in total. The fourth-order valence-electron chi connectivity index (χ4n) is 8.71. The number of amides is 4. The molecule has 3 aromatic rings. The first-order valence-electron chi connectivity index (χ1n) is 17.0. The van der Waals surface area contributed by atoms with Crippen molar-refractivity contribution in [3.8, 4) is 23.0 Å². The van der Waals surface area contributed by atoms with Gasteiger partial charge in [-0.05, 0) is 78.4 Å². The monoisotopic (exact) mass is 818 g/mol. The summed E-state index contributed by atoms with van der Waals surface area (Å²) in [6.07, 6.45) is 7.55. The number of nitrogens with zero attached hydrogens (tertiary/aromatic N) is 2. The highest BCUT2D eigenvalue weighted by Crippen LogP contribution is 2.65. The molecule has 0 aromatic heterocycles. The highest BCUT2D eigenvalue weighted by atomic mass is 79.9. The van der Waals surface area contributed by atoms with Gasteiger partial charge < -0.3 is 19.3 Å². The Balaban J connectivity index is 1.13. The lowest BCUT2D eigenvalue weighted by Crippen LogP contribution is -2.61. The Hall–Kier alpha value is -4.58. The second-order valence-electron chi connectivity index (χ2n) is 13.8. The number of allylic oxidation sites excluding steroid dienone is 3. The number of phenols is 1. The molecule has 3 heterocycles. The van der Waals surface area contributed by atoms with E-state index in [2.05, 4.69) is 15.9 Å². The molecule has 4 amide bonds. The highest BCUT2D eigenvalue weighted by molar-refractivity contribution is 9.09. The van der Waals surface area contributed by atoms with E-state index in [-0.39, 0.29) is 36.4 Å². The molecule has 0 radical (unpaired) electrons. The first kappa shape index (κ1) is 35.4. The van der Waals surface area contributed by atoms with E-state index in [1.807, 2.05) is 48.6 Å². The molecule has 272 valence electrons. The fraction of sp³-hybridized carbons (Fsp3) is 0.300. The molecule has 8 rings (SSSR count). The van der Waals surface area contributed by atoms with Crippen molar-refractivity contribution in [2.75, 3.05) is 24.6 Å². The van der Waals surface area contributed by atoms with Crippen LogP contribution in [0.4, 0.5) is 5.69 Å². The number of aromatic hydroxyl groups is 1. The zero-order valence-corrected chi connectivity index (χ0v) is 31.7. The van der Waals surface area contributed by atoms with Crippen molar-refractivity contribution in [2.45, 2.75) is 29.0 Å². The summed E-state index contributed by atoms with van der Waals surface area (Å²) in [4.78, 5) is 55.0. The van der Waals surface area contributed by atoms with E-state index < -0.39 is 51.1 Å². The van der Waals surface area contributed by atoms with Crippen molar-refractivity contribution in [1.29, 1.82) is 0 Å². The number of carbonyl (C=O) groups is 4. The van der Waals surface area contributed by atoms with Gasteiger partial charge in [-0.25, -0.2) is 0 Å². The zero-order chi connectivity index (χ0) is 37.4. The highest BCUT2D eigenvalue weighted by Gasteiger charge is 2.76. The Morgan fingerprint density at radius 1 is 0.943 bits per heavy atom. The molecule has 6 atom stereocenters. The molecular weight excluding hydrogens is 787 g/mol. The quantitative estimate of drug-likeness (QED) is 0.0904. The lowest BCUT2D eigenvalue weighted by Gasteiger charge is -2.51. The number of methoxy groups -OCH3 is 2. The molecule has 53 heavy (non-hydrogen) atoms. The molecule has 1 saturated carbocycles. The fourth-order valence-corrected chi connectivity index (χ4v) is 10.1. The lowest BCUT2D eigenvalue weighted by atomic mass is 9.56. The summed E-state index contributed by atoms with van der Waals surface area (Å²) in [7, 11) is 3.19. The Kier molecular flexibility index (Phi) is 8.74. The number of carbonyl (C=O) groups excluding carboxylic acids is 4. The smallest absolute Gasteiger partial charge is 0.254 e. The van der Waals surface area contributed by atoms with Gasteiger partial charge in [0, 0.05) is 23.5 Å². The number of rotatable bonds is 7. The van der Waals surface area contributed by atoms with Crippen molar-refractivity contribution in [1.82, 2.24) is 4.90 Å². The Bertz CT molecular complexity index is 2190. The molecule has 0 spiro atoms. The molecule has 0 bridgehead atoms. The number of alkyl halides is 3. The normalized spacial score (nSPS) is 28.9. The summed E-state index contributed by atoms with van der Waals surface area (Å²) in [5, 5.41) is 10.2. The number of ether oxygens (including phenoxy) is 3. The summed E-state index contributed by atoms with van der Waals surface area (Å²) >= 11 is 18.0. The van der Waals surface area contributed by atoms with Crippen LogP contribution in [-0.2, 0) is 25.6 Å². The van der Waals surface area contributed by atoms with E-state index in [9.17, 15) is 24.3 Å². The molecule has 10 nitrogen and oxygen atoms in total. The van der Waals surface area contributed by atoms with Gasteiger partial charge in [0.2, 0.25) is 11.8 Å². The van der Waals surface area contributed by atoms with Crippen LogP contribution in [0.1, 0.15) is 29.5 Å². The number of imide groups is 2. The van der Waals surface area contributed by atoms with Gasteiger partial charge in [-0.3, -0.25) is 29.0 Å². The third kappa shape index (κ3) is 5.26. The van der Waals surface area contributed by atoms with Gasteiger partial charge in [-0.2, -0.15) is 0 Å². The Morgan fingerprint density at radius 3 is 2.43 bits per heavy atom. The summed E-state index contributed by atoms with van der Waals surface area (Å²) < 4.78 is 16.8. The summed E-state index contributed by atoms with van der Waals surface area (Å²) in [5.74, 6) is -3.30. The van der Waals surface area contributed by atoms with Gasteiger partial charge in [-0.1, -0.05) is 51.9 Å². The number of anilines is 1. The van der Waals surface area contributed by atoms with E-state index >= 15 is 0 Å². The topological polar surface area (TPSA) is 123 Å². The van der Waals surface area contributed by atoms with Crippen molar-refractivity contribution in [3.05, 3.63) is 101 Å². The van der Waals surface area contributed by atoms with Gasteiger partial charge >= 0.3 is 0 Å². The average Bonchev–Trinajstić information content (AvgIpc) is 3.50.